The van der Waals surface area contributed by atoms with Gasteiger partial charge in [-0.3, -0.25) is 9.59 Å². The van der Waals surface area contributed by atoms with Crippen LogP contribution in [0.2, 0.25) is 0 Å². The summed E-state index contributed by atoms with van der Waals surface area (Å²) < 4.78 is 37.1. The number of carbonyl (C=O) groups is 2. The van der Waals surface area contributed by atoms with Crippen LogP contribution in [0.1, 0.15) is 94.9 Å². The second-order valence-corrected chi connectivity index (χ2v) is 16.5. The van der Waals surface area contributed by atoms with Gasteiger partial charge in [-0.2, -0.15) is 0 Å². The number of Topliss-reactive ketones (excluding diaryl/α,β-unsaturated/α-hetero) is 1. The largest absolute Gasteiger partial charge is 0.459 e. The monoisotopic (exact) mass is 737 g/mol. The van der Waals surface area contributed by atoms with E-state index in [0.29, 0.717) is 6.42 Å². The molecule has 0 bridgehead atoms. The van der Waals surface area contributed by atoms with Crippen LogP contribution in [-0.2, 0) is 38.0 Å². The standard InChI is InChI=1S/C37H67NO13/c1-14-25-37(10,45)30(41)20(4)27(39)18(2)16-35(8,44)32(51-34-28(40)24(38(11)12)15-19(3)47-34)21(5)29(22(6)33(43)49-25)50-26-17-36(9,46-13)31(42)23(7)48-26/h18-26,28-32,34,40-42,44-45H,14-17H2,1-13H3/t18-,19-,20+,21+,22-,23+,24+,25-,26+,28-,29+,30-,31+,32-,34+,35-,36-,37-/m1/s1/i11+2,12+2. The van der Waals surface area contributed by atoms with Gasteiger partial charge in [0.25, 0.3) is 0 Å². The second kappa shape index (κ2) is 17.0. The fourth-order valence-electron chi connectivity index (χ4n) is 8.41. The van der Waals surface area contributed by atoms with Crippen LogP contribution >= 0.6 is 0 Å². The van der Waals surface area contributed by atoms with E-state index in [2.05, 4.69) is 0 Å². The topological polar surface area (TPSA) is 194 Å². The van der Waals surface area contributed by atoms with Crippen LogP contribution in [-0.4, -0.2) is 148 Å². The molecule has 0 aromatic carbocycles. The Balaban J connectivity index is 2.18. The Labute approximate surface area is 304 Å². The van der Waals surface area contributed by atoms with Crippen molar-refractivity contribution in [3.8, 4) is 0 Å². The molecule has 0 amide bonds. The maximum Gasteiger partial charge on any atom is 0.311 e. The Hall–Kier alpha value is -1.30. The number of nitrogens with zero attached hydrogens (tertiary/aromatic N) is 1. The van der Waals surface area contributed by atoms with Crippen LogP contribution in [0.5, 0.6) is 0 Å². The van der Waals surface area contributed by atoms with Crippen molar-refractivity contribution in [2.45, 2.75) is 179 Å². The molecule has 5 N–H and O–H groups in total. The van der Waals surface area contributed by atoms with Gasteiger partial charge in [-0.25, -0.2) is 0 Å². The van der Waals surface area contributed by atoms with Crippen molar-refractivity contribution < 1.29 is 63.5 Å². The number of hydrogen-bond donors (Lipinski definition) is 5. The molecule has 14 nitrogen and oxygen atoms in total. The van der Waals surface area contributed by atoms with Crippen molar-refractivity contribution in [3.05, 3.63) is 0 Å². The van der Waals surface area contributed by atoms with Gasteiger partial charge in [0.05, 0.1) is 47.6 Å². The zero-order chi connectivity index (χ0) is 39.0. The number of aliphatic hydroxyl groups is 5. The normalized spacial score (nSPS) is 49.7. The zero-order valence-corrected chi connectivity index (χ0v) is 32.9. The number of likely N-dealkylation sites (N-methyl/N-ethyl adjacent to an activating group) is 1. The Morgan fingerprint density at radius 2 is 1.51 bits per heavy atom. The molecule has 3 heterocycles. The molecular formula is C37H67NO13. The summed E-state index contributed by atoms with van der Waals surface area (Å²) in [6.45, 7) is 16.3. The number of aliphatic hydroxyl groups excluding tert-OH is 3. The zero-order valence-electron chi connectivity index (χ0n) is 32.9. The highest BCUT2D eigenvalue weighted by Gasteiger charge is 2.53. The van der Waals surface area contributed by atoms with E-state index < -0.39 is 108 Å². The molecule has 298 valence electrons. The van der Waals surface area contributed by atoms with Crippen molar-refractivity contribution in [2.24, 2.45) is 23.7 Å². The first-order valence-corrected chi connectivity index (χ1v) is 18.5. The van der Waals surface area contributed by atoms with E-state index in [1.54, 1.807) is 41.5 Å². The van der Waals surface area contributed by atoms with Gasteiger partial charge < -0.3 is 58.9 Å². The lowest BCUT2D eigenvalue weighted by Crippen LogP contribution is -2.61. The van der Waals surface area contributed by atoms with E-state index in [0.717, 1.165) is 0 Å². The van der Waals surface area contributed by atoms with E-state index in [1.807, 2.05) is 25.9 Å². The number of ketones is 1. The maximum absolute atomic E-state index is 14.1. The number of hydrogen-bond acceptors (Lipinski definition) is 14. The lowest BCUT2D eigenvalue weighted by molar-refractivity contribution is -0.318. The number of cyclic esters (lactones) is 1. The number of carbonyl (C=O) groups excluding carboxylic acids is 2. The molecule has 0 radical (unpaired) electrons. The van der Waals surface area contributed by atoms with Gasteiger partial charge in [-0.1, -0.05) is 27.7 Å². The average molecular weight is 738 g/mol. The third kappa shape index (κ3) is 9.51. The van der Waals surface area contributed by atoms with Crippen molar-refractivity contribution >= 4 is 11.8 Å². The fourth-order valence-corrected chi connectivity index (χ4v) is 8.41. The smallest absolute Gasteiger partial charge is 0.311 e. The minimum atomic E-state index is -1.99. The minimum Gasteiger partial charge on any atom is -0.459 e. The van der Waals surface area contributed by atoms with Crippen LogP contribution in [0.25, 0.3) is 0 Å². The van der Waals surface area contributed by atoms with Crippen molar-refractivity contribution in [1.29, 1.82) is 0 Å². The van der Waals surface area contributed by atoms with Gasteiger partial charge in [0.15, 0.2) is 12.6 Å². The summed E-state index contributed by atoms with van der Waals surface area (Å²) in [6.07, 6.45) is -9.71. The van der Waals surface area contributed by atoms with Crippen molar-refractivity contribution in [3.63, 3.8) is 0 Å². The first-order valence-electron chi connectivity index (χ1n) is 18.5. The Bertz CT molecular complexity index is 1170. The predicted molar refractivity (Wildman–Crippen MR) is 186 cm³/mol. The summed E-state index contributed by atoms with van der Waals surface area (Å²) in [5.74, 6) is -4.98. The highest BCUT2D eigenvalue weighted by Crippen LogP contribution is 2.40. The molecular weight excluding hydrogens is 670 g/mol. The van der Waals surface area contributed by atoms with Crippen molar-refractivity contribution in [1.82, 2.24) is 4.90 Å². The molecule has 3 rings (SSSR count). The first kappa shape index (κ1) is 44.1. The maximum atomic E-state index is 14.1. The van der Waals surface area contributed by atoms with E-state index in [-0.39, 0.29) is 31.4 Å². The Morgan fingerprint density at radius 1 is 0.902 bits per heavy atom. The molecule has 3 saturated heterocycles. The Morgan fingerprint density at radius 3 is 2.06 bits per heavy atom. The van der Waals surface area contributed by atoms with Crippen LogP contribution in [0, 0.1) is 23.7 Å². The number of methoxy groups -OCH3 is 1. The summed E-state index contributed by atoms with van der Waals surface area (Å²) in [4.78, 5) is 29.8. The number of ether oxygens (including phenoxy) is 6. The molecule has 0 spiro atoms. The lowest BCUT2D eigenvalue weighted by atomic mass is 9.74. The average Bonchev–Trinajstić information content (AvgIpc) is 3.05. The van der Waals surface area contributed by atoms with Crippen LogP contribution in [0.15, 0.2) is 0 Å². The molecule has 14 heteroatoms. The molecule has 0 aromatic heterocycles. The molecule has 3 aliphatic rings. The van der Waals surface area contributed by atoms with Gasteiger partial charge in [0.2, 0.25) is 0 Å². The highest BCUT2D eigenvalue weighted by molar-refractivity contribution is 5.83. The third-order valence-corrected chi connectivity index (χ3v) is 11.8. The molecule has 18 atom stereocenters. The molecule has 0 aliphatic carbocycles. The predicted octanol–water partition coefficient (Wildman–Crippen LogP) is 1.79. The number of rotatable bonds is 7. The van der Waals surface area contributed by atoms with E-state index in [4.69, 9.17) is 28.4 Å². The molecule has 3 aliphatic heterocycles. The van der Waals surface area contributed by atoms with Gasteiger partial charge >= 0.3 is 5.97 Å². The molecule has 51 heavy (non-hydrogen) atoms. The second-order valence-electron chi connectivity index (χ2n) is 16.5. The van der Waals surface area contributed by atoms with Gasteiger partial charge in [0.1, 0.15) is 29.7 Å². The molecule has 0 saturated carbocycles. The third-order valence-electron chi connectivity index (χ3n) is 11.8. The quantitative estimate of drug-likeness (QED) is 0.238. The summed E-state index contributed by atoms with van der Waals surface area (Å²) in [6, 6.07) is -0.324. The summed E-state index contributed by atoms with van der Waals surface area (Å²) in [7, 11) is 5.18. The van der Waals surface area contributed by atoms with E-state index in [9.17, 15) is 35.1 Å². The van der Waals surface area contributed by atoms with Gasteiger partial charge in [-0.05, 0) is 74.9 Å². The van der Waals surface area contributed by atoms with E-state index in [1.165, 1.54) is 27.9 Å². The SMILES string of the molecule is CC[C@H]1OC(=O)[C@H](C)[C@@H](O[C@H]2C[C@@](C)(OC)[C@@H](O)[C@H](C)O2)[C@H](C)[C@@H](O[C@@H]2O[C@H](C)C[C@H](N([14CH3])[14CH3])[C@H]2O)[C@](C)(O)C[C@@H](C)C(=O)[C@H](C)[C@@H](O)[C@]1(C)O. The summed E-state index contributed by atoms with van der Waals surface area (Å²) in [5, 5.41) is 57.6. The van der Waals surface area contributed by atoms with Crippen LogP contribution in [0.3, 0.4) is 0 Å². The van der Waals surface area contributed by atoms with Crippen LogP contribution < -0.4 is 0 Å². The summed E-state index contributed by atoms with van der Waals surface area (Å²) >= 11 is 0. The lowest BCUT2D eigenvalue weighted by Gasteiger charge is -2.49. The molecule has 0 unspecified atom stereocenters. The van der Waals surface area contributed by atoms with Crippen LogP contribution in [0.4, 0.5) is 0 Å². The van der Waals surface area contributed by atoms with Crippen molar-refractivity contribution in [2.75, 3.05) is 21.2 Å². The molecule has 0 aromatic rings. The summed E-state index contributed by atoms with van der Waals surface area (Å²) in [5.41, 5.74) is -4.84. The highest BCUT2D eigenvalue weighted by atomic mass is 16.7. The number of esters is 1. The Kier molecular flexibility index (Phi) is 14.7. The first-order chi connectivity index (χ1) is 23.4. The fraction of sp³-hybridized carbons (Fsp3) is 0.946. The van der Waals surface area contributed by atoms with E-state index >= 15 is 0 Å². The van der Waals surface area contributed by atoms with Gasteiger partial charge in [0, 0.05) is 37.3 Å². The minimum absolute atomic E-state index is 0.0936. The molecule has 3 fully saturated rings. The van der Waals surface area contributed by atoms with Gasteiger partial charge in [-0.15, -0.1) is 0 Å².